The quantitative estimate of drug-likeness (QED) is 0.744. The number of hydrogen-bond acceptors (Lipinski definition) is 2. The molecular weight excluding hydrogens is 172 g/mol. The first-order valence-electron chi connectivity index (χ1n) is 5.97. The van der Waals surface area contributed by atoms with E-state index < -0.39 is 0 Å². The first-order chi connectivity index (χ1) is 6.59. The maximum Gasteiger partial charge on any atom is 0.0218 e. The molecular formula is C12H26N2. The number of likely N-dealkylation sites (tertiary alicyclic amines) is 1. The molecule has 1 heterocycles. The van der Waals surface area contributed by atoms with Crippen molar-refractivity contribution in [1.82, 2.24) is 10.2 Å². The zero-order valence-corrected chi connectivity index (χ0v) is 10.3. The van der Waals surface area contributed by atoms with Crippen LogP contribution in [0.2, 0.25) is 0 Å². The van der Waals surface area contributed by atoms with Crippen LogP contribution in [0.1, 0.15) is 40.0 Å². The Bertz CT molecular complexity index is 166. The summed E-state index contributed by atoms with van der Waals surface area (Å²) in [5, 5.41) is 3.30. The molecule has 0 aromatic heterocycles. The maximum atomic E-state index is 3.30. The Morgan fingerprint density at radius 1 is 1.43 bits per heavy atom. The Morgan fingerprint density at radius 3 is 2.64 bits per heavy atom. The fourth-order valence-corrected chi connectivity index (χ4v) is 2.55. The van der Waals surface area contributed by atoms with E-state index >= 15 is 0 Å². The van der Waals surface area contributed by atoms with Gasteiger partial charge in [-0.25, -0.2) is 0 Å². The molecule has 1 fully saturated rings. The van der Waals surface area contributed by atoms with E-state index in [-0.39, 0.29) is 0 Å². The predicted molar refractivity (Wildman–Crippen MR) is 62.6 cm³/mol. The Morgan fingerprint density at radius 2 is 2.14 bits per heavy atom. The second-order valence-corrected chi connectivity index (χ2v) is 5.36. The lowest BCUT2D eigenvalue weighted by Crippen LogP contribution is -2.48. The molecule has 2 nitrogen and oxygen atoms in total. The molecule has 1 aliphatic heterocycles. The summed E-state index contributed by atoms with van der Waals surface area (Å²) in [6.07, 6.45) is 4.02. The highest BCUT2D eigenvalue weighted by Crippen LogP contribution is 2.29. The van der Waals surface area contributed by atoms with Crippen molar-refractivity contribution < 1.29 is 0 Å². The Balaban J connectivity index is 2.49. The SMILES string of the molecule is CCC(CNC)N1CCCC(C)(C)C1. The van der Waals surface area contributed by atoms with E-state index in [1.807, 2.05) is 0 Å². The number of hydrogen-bond donors (Lipinski definition) is 1. The number of likely N-dealkylation sites (N-methyl/N-ethyl adjacent to an activating group) is 1. The van der Waals surface area contributed by atoms with Gasteiger partial charge in [-0.2, -0.15) is 0 Å². The molecule has 0 amide bonds. The lowest BCUT2D eigenvalue weighted by molar-refractivity contribution is 0.0765. The fourth-order valence-electron chi connectivity index (χ4n) is 2.55. The summed E-state index contributed by atoms with van der Waals surface area (Å²) >= 11 is 0. The zero-order chi connectivity index (χ0) is 10.6. The molecule has 0 bridgehead atoms. The molecule has 1 saturated heterocycles. The third-order valence-corrected chi connectivity index (χ3v) is 3.36. The van der Waals surface area contributed by atoms with Crippen molar-refractivity contribution in [2.75, 3.05) is 26.7 Å². The smallest absolute Gasteiger partial charge is 0.0218 e. The van der Waals surface area contributed by atoms with Gasteiger partial charge in [0.05, 0.1) is 0 Å². The molecule has 1 aliphatic rings. The van der Waals surface area contributed by atoms with Crippen LogP contribution in [0.5, 0.6) is 0 Å². The van der Waals surface area contributed by atoms with Crippen molar-refractivity contribution in [3.05, 3.63) is 0 Å². The molecule has 0 spiro atoms. The van der Waals surface area contributed by atoms with Crippen molar-refractivity contribution in [2.45, 2.75) is 46.1 Å². The molecule has 0 aromatic rings. The van der Waals surface area contributed by atoms with E-state index in [0.717, 1.165) is 12.6 Å². The molecule has 1 rings (SSSR count). The van der Waals surface area contributed by atoms with Gasteiger partial charge >= 0.3 is 0 Å². The van der Waals surface area contributed by atoms with E-state index in [1.165, 1.54) is 32.4 Å². The maximum absolute atomic E-state index is 3.30. The summed E-state index contributed by atoms with van der Waals surface area (Å²) in [5.74, 6) is 0. The Hall–Kier alpha value is -0.0800. The van der Waals surface area contributed by atoms with Crippen LogP contribution in [0.3, 0.4) is 0 Å². The highest BCUT2D eigenvalue weighted by molar-refractivity contribution is 4.84. The van der Waals surface area contributed by atoms with Crippen LogP contribution in [-0.4, -0.2) is 37.6 Å². The van der Waals surface area contributed by atoms with Crippen LogP contribution in [0.25, 0.3) is 0 Å². The van der Waals surface area contributed by atoms with Gasteiger partial charge < -0.3 is 5.32 Å². The lowest BCUT2D eigenvalue weighted by atomic mass is 9.83. The first-order valence-corrected chi connectivity index (χ1v) is 5.97. The minimum atomic E-state index is 0.527. The van der Waals surface area contributed by atoms with Crippen molar-refractivity contribution >= 4 is 0 Å². The molecule has 1 unspecified atom stereocenters. The van der Waals surface area contributed by atoms with Crippen molar-refractivity contribution in [3.63, 3.8) is 0 Å². The predicted octanol–water partition coefficient (Wildman–Crippen LogP) is 2.11. The Kier molecular flexibility index (Phi) is 4.39. The minimum absolute atomic E-state index is 0.527. The third kappa shape index (κ3) is 3.25. The topological polar surface area (TPSA) is 15.3 Å². The van der Waals surface area contributed by atoms with Crippen LogP contribution in [0, 0.1) is 5.41 Å². The largest absolute Gasteiger partial charge is 0.318 e. The molecule has 1 N–H and O–H groups in total. The zero-order valence-electron chi connectivity index (χ0n) is 10.3. The molecule has 0 radical (unpaired) electrons. The number of piperidine rings is 1. The summed E-state index contributed by atoms with van der Waals surface area (Å²) in [5.41, 5.74) is 0.527. The molecule has 0 aromatic carbocycles. The lowest BCUT2D eigenvalue weighted by Gasteiger charge is -2.42. The van der Waals surface area contributed by atoms with Gasteiger partial charge in [0.15, 0.2) is 0 Å². The van der Waals surface area contributed by atoms with Gasteiger partial charge in [0.2, 0.25) is 0 Å². The van der Waals surface area contributed by atoms with Crippen LogP contribution in [0.15, 0.2) is 0 Å². The molecule has 0 aliphatic carbocycles. The third-order valence-electron chi connectivity index (χ3n) is 3.36. The van der Waals surface area contributed by atoms with Crippen molar-refractivity contribution in [3.8, 4) is 0 Å². The molecule has 14 heavy (non-hydrogen) atoms. The van der Waals surface area contributed by atoms with Gasteiger partial charge in [-0.15, -0.1) is 0 Å². The van der Waals surface area contributed by atoms with Gasteiger partial charge in [-0.1, -0.05) is 20.8 Å². The molecule has 2 heteroatoms. The summed E-state index contributed by atoms with van der Waals surface area (Å²) in [4.78, 5) is 2.67. The molecule has 0 saturated carbocycles. The molecule has 1 atom stereocenters. The Labute approximate surface area is 89.1 Å². The highest BCUT2D eigenvalue weighted by Gasteiger charge is 2.29. The van der Waals surface area contributed by atoms with Gasteiger partial charge in [-0.3, -0.25) is 4.90 Å². The van der Waals surface area contributed by atoms with E-state index in [2.05, 4.69) is 38.0 Å². The summed E-state index contributed by atoms with van der Waals surface area (Å²) < 4.78 is 0. The number of nitrogens with zero attached hydrogens (tertiary/aromatic N) is 1. The van der Waals surface area contributed by atoms with Crippen molar-refractivity contribution in [2.24, 2.45) is 5.41 Å². The monoisotopic (exact) mass is 198 g/mol. The highest BCUT2D eigenvalue weighted by atomic mass is 15.2. The van der Waals surface area contributed by atoms with E-state index in [4.69, 9.17) is 0 Å². The van der Waals surface area contributed by atoms with Crippen LogP contribution in [-0.2, 0) is 0 Å². The molecule has 84 valence electrons. The van der Waals surface area contributed by atoms with Gasteiger partial charge in [0.1, 0.15) is 0 Å². The summed E-state index contributed by atoms with van der Waals surface area (Å²) in [6.45, 7) is 10.8. The number of rotatable bonds is 4. The number of nitrogens with one attached hydrogen (secondary N) is 1. The van der Waals surface area contributed by atoms with E-state index in [9.17, 15) is 0 Å². The second-order valence-electron chi connectivity index (χ2n) is 5.36. The fraction of sp³-hybridized carbons (Fsp3) is 1.00. The van der Waals surface area contributed by atoms with Crippen LogP contribution < -0.4 is 5.32 Å². The summed E-state index contributed by atoms with van der Waals surface area (Å²) in [7, 11) is 2.05. The average molecular weight is 198 g/mol. The van der Waals surface area contributed by atoms with E-state index in [1.54, 1.807) is 0 Å². The van der Waals surface area contributed by atoms with Gasteiger partial charge in [-0.05, 0) is 38.3 Å². The van der Waals surface area contributed by atoms with Gasteiger partial charge in [0.25, 0.3) is 0 Å². The minimum Gasteiger partial charge on any atom is -0.318 e. The summed E-state index contributed by atoms with van der Waals surface area (Å²) in [6, 6.07) is 0.736. The standard InChI is InChI=1S/C12H26N2/c1-5-11(9-13-4)14-8-6-7-12(2,3)10-14/h11,13H,5-10H2,1-4H3. The first kappa shape index (κ1) is 12.0. The average Bonchev–Trinajstić information content (AvgIpc) is 2.12. The van der Waals surface area contributed by atoms with Crippen molar-refractivity contribution in [1.29, 1.82) is 0 Å². The normalized spacial score (nSPS) is 24.9. The van der Waals surface area contributed by atoms with E-state index in [0.29, 0.717) is 5.41 Å². The second kappa shape index (κ2) is 5.13. The van der Waals surface area contributed by atoms with Crippen LogP contribution in [0.4, 0.5) is 0 Å². The van der Waals surface area contributed by atoms with Crippen LogP contribution >= 0.6 is 0 Å². The van der Waals surface area contributed by atoms with Gasteiger partial charge in [0, 0.05) is 19.1 Å².